The van der Waals surface area contributed by atoms with Crippen LogP contribution < -0.4 is 0 Å². The van der Waals surface area contributed by atoms with Crippen LogP contribution in [0.1, 0.15) is 25.7 Å². The average Bonchev–Trinajstić information content (AvgIpc) is 2.64. The minimum Gasteiger partial charge on any atom is -0.367 e. The summed E-state index contributed by atoms with van der Waals surface area (Å²) in [6.45, 7) is 0.864. The van der Waals surface area contributed by atoms with E-state index in [0.29, 0.717) is 0 Å². The van der Waals surface area contributed by atoms with Crippen LogP contribution in [-0.2, 0) is 4.74 Å². The molecule has 3 atom stereocenters. The minimum atomic E-state index is 0.225. The van der Waals surface area contributed by atoms with Crippen molar-refractivity contribution in [1.29, 1.82) is 0 Å². The summed E-state index contributed by atoms with van der Waals surface area (Å²) in [5.74, 6) is 1.86. The summed E-state index contributed by atoms with van der Waals surface area (Å²) < 4.78 is 5.82. The van der Waals surface area contributed by atoms with Gasteiger partial charge in [0.25, 0.3) is 0 Å². The monoisotopic (exact) mass is 150 g/mol. The van der Waals surface area contributed by atoms with Gasteiger partial charge in [0.15, 0.2) is 0 Å². The molecule has 1 heterocycles. The molecule has 11 heavy (non-hydrogen) atoms. The van der Waals surface area contributed by atoms with E-state index in [2.05, 4.69) is 12.2 Å². The molecular weight excluding hydrogens is 136 g/mol. The molecule has 2 aliphatic carbocycles. The zero-order valence-electron chi connectivity index (χ0n) is 6.75. The van der Waals surface area contributed by atoms with Crippen molar-refractivity contribution < 1.29 is 4.74 Å². The third kappa shape index (κ3) is 0.698. The highest BCUT2D eigenvalue weighted by Gasteiger charge is 2.51. The minimum absolute atomic E-state index is 0.225. The van der Waals surface area contributed by atoms with E-state index >= 15 is 0 Å². The molecule has 0 aromatic carbocycles. The zero-order valence-corrected chi connectivity index (χ0v) is 6.75. The lowest BCUT2D eigenvalue weighted by atomic mass is 9.84. The van der Waals surface area contributed by atoms with Gasteiger partial charge in [0, 0.05) is 0 Å². The van der Waals surface area contributed by atoms with E-state index in [1.54, 1.807) is 0 Å². The van der Waals surface area contributed by atoms with Gasteiger partial charge in [-0.15, -0.1) is 0 Å². The van der Waals surface area contributed by atoms with Crippen LogP contribution in [0.15, 0.2) is 12.2 Å². The van der Waals surface area contributed by atoms with Crippen molar-refractivity contribution >= 4 is 0 Å². The largest absolute Gasteiger partial charge is 0.367 e. The highest BCUT2D eigenvalue weighted by molar-refractivity contribution is 5.17. The van der Waals surface area contributed by atoms with Gasteiger partial charge in [-0.2, -0.15) is 0 Å². The predicted octanol–water partition coefficient (Wildman–Crippen LogP) is 2.13. The molecule has 3 aliphatic rings. The molecule has 0 saturated heterocycles. The Morgan fingerprint density at radius 1 is 1.36 bits per heavy atom. The molecule has 0 aromatic rings. The molecule has 2 fully saturated rings. The number of rotatable bonds is 0. The Balaban J connectivity index is 1.94. The SMILES string of the molecule is C1=CC2(CC3CCC2C3)OC1. The molecule has 0 N–H and O–H groups in total. The summed E-state index contributed by atoms with van der Waals surface area (Å²) in [6, 6.07) is 0. The maximum atomic E-state index is 5.82. The van der Waals surface area contributed by atoms with Crippen LogP contribution in [0.5, 0.6) is 0 Å². The van der Waals surface area contributed by atoms with E-state index in [0.717, 1.165) is 18.4 Å². The van der Waals surface area contributed by atoms with Crippen LogP contribution in [0.4, 0.5) is 0 Å². The van der Waals surface area contributed by atoms with Crippen molar-refractivity contribution in [2.24, 2.45) is 11.8 Å². The van der Waals surface area contributed by atoms with Gasteiger partial charge < -0.3 is 4.74 Å². The van der Waals surface area contributed by atoms with E-state index in [-0.39, 0.29) is 5.60 Å². The third-order valence-electron chi connectivity index (χ3n) is 3.69. The van der Waals surface area contributed by atoms with E-state index in [1.165, 1.54) is 25.7 Å². The molecule has 0 radical (unpaired) electrons. The van der Waals surface area contributed by atoms with Gasteiger partial charge in [-0.1, -0.05) is 12.2 Å². The van der Waals surface area contributed by atoms with Crippen LogP contribution in [0.2, 0.25) is 0 Å². The number of hydrogen-bond acceptors (Lipinski definition) is 1. The quantitative estimate of drug-likeness (QED) is 0.481. The van der Waals surface area contributed by atoms with Crippen LogP contribution in [0.25, 0.3) is 0 Å². The molecule has 60 valence electrons. The van der Waals surface area contributed by atoms with E-state index < -0.39 is 0 Å². The van der Waals surface area contributed by atoms with Crippen LogP contribution in [0.3, 0.4) is 0 Å². The Bertz CT molecular complexity index is 209. The topological polar surface area (TPSA) is 9.23 Å². The summed E-state index contributed by atoms with van der Waals surface area (Å²) in [7, 11) is 0. The van der Waals surface area contributed by atoms with Crippen LogP contribution in [-0.4, -0.2) is 12.2 Å². The van der Waals surface area contributed by atoms with Gasteiger partial charge in [-0.3, -0.25) is 0 Å². The van der Waals surface area contributed by atoms with Gasteiger partial charge in [0.2, 0.25) is 0 Å². The van der Waals surface area contributed by atoms with Gasteiger partial charge in [0.05, 0.1) is 12.2 Å². The molecule has 3 unspecified atom stereocenters. The maximum Gasteiger partial charge on any atom is 0.0898 e. The maximum absolute atomic E-state index is 5.82. The van der Waals surface area contributed by atoms with Crippen LogP contribution >= 0.6 is 0 Å². The second-order valence-corrected chi connectivity index (χ2v) is 4.25. The van der Waals surface area contributed by atoms with E-state index in [1.807, 2.05) is 0 Å². The molecule has 2 saturated carbocycles. The van der Waals surface area contributed by atoms with E-state index in [4.69, 9.17) is 4.74 Å². The first kappa shape index (κ1) is 6.24. The Hall–Kier alpha value is -0.300. The van der Waals surface area contributed by atoms with Crippen molar-refractivity contribution in [2.75, 3.05) is 6.61 Å². The Kier molecular flexibility index (Phi) is 1.07. The zero-order chi connectivity index (χ0) is 7.31. The molecule has 1 spiro atoms. The lowest BCUT2D eigenvalue weighted by molar-refractivity contribution is -0.0166. The lowest BCUT2D eigenvalue weighted by Crippen LogP contribution is -2.33. The van der Waals surface area contributed by atoms with Crippen molar-refractivity contribution in [3.05, 3.63) is 12.2 Å². The second kappa shape index (κ2) is 1.89. The number of hydrogen-bond donors (Lipinski definition) is 0. The standard InChI is InChI=1S/C10H14O/c1-4-10(11-5-1)7-8-2-3-9(10)6-8/h1,4,8-9H,2-3,5-7H2. The Morgan fingerprint density at radius 2 is 2.36 bits per heavy atom. The lowest BCUT2D eigenvalue weighted by Gasteiger charge is -2.31. The summed E-state index contributed by atoms with van der Waals surface area (Å²) in [5, 5.41) is 0. The molecule has 0 amide bonds. The summed E-state index contributed by atoms with van der Waals surface area (Å²) >= 11 is 0. The molecule has 1 nitrogen and oxygen atoms in total. The molecule has 1 heteroatoms. The third-order valence-corrected chi connectivity index (χ3v) is 3.69. The second-order valence-electron chi connectivity index (χ2n) is 4.25. The molecule has 1 aliphatic heterocycles. The fourth-order valence-electron chi connectivity index (χ4n) is 3.20. The smallest absolute Gasteiger partial charge is 0.0898 e. The molecule has 2 bridgehead atoms. The predicted molar refractivity (Wildman–Crippen MR) is 43.3 cm³/mol. The highest BCUT2D eigenvalue weighted by atomic mass is 16.5. The van der Waals surface area contributed by atoms with Crippen molar-refractivity contribution in [3.8, 4) is 0 Å². The first-order valence-corrected chi connectivity index (χ1v) is 4.71. The molecule has 0 aromatic heterocycles. The van der Waals surface area contributed by atoms with E-state index in [9.17, 15) is 0 Å². The normalized spacial score (nSPS) is 53.1. The Morgan fingerprint density at radius 3 is 2.91 bits per heavy atom. The highest BCUT2D eigenvalue weighted by Crippen LogP contribution is 2.54. The van der Waals surface area contributed by atoms with Gasteiger partial charge in [0.1, 0.15) is 0 Å². The van der Waals surface area contributed by atoms with Gasteiger partial charge >= 0.3 is 0 Å². The van der Waals surface area contributed by atoms with Crippen LogP contribution in [0, 0.1) is 11.8 Å². The van der Waals surface area contributed by atoms with Crippen molar-refractivity contribution in [2.45, 2.75) is 31.3 Å². The fourth-order valence-corrected chi connectivity index (χ4v) is 3.20. The summed E-state index contributed by atoms with van der Waals surface area (Å²) in [4.78, 5) is 0. The number of fused-ring (bicyclic) bond motifs is 3. The number of ether oxygens (including phenoxy) is 1. The van der Waals surface area contributed by atoms with Crippen molar-refractivity contribution in [3.63, 3.8) is 0 Å². The summed E-state index contributed by atoms with van der Waals surface area (Å²) in [6.07, 6.45) is 10.1. The average molecular weight is 150 g/mol. The first-order valence-electron chi connectivity index (χ1n) is 4.71. The fraction of sp³-hybridized carbons (Fsp3) is 0.800. The van der Waals surface area contributed by atoms with Gasteiger partial charge in [-0.05, 0) is 37.5 Å². The van der Waals surface area contributed by atoms with Gasteiger partial charge in [-0.25, -0.2) is 0 Å². The molecule has 3 rings (SSSR count). The molecular formula is C10H14O. The summed E-state index contributed by atoms with van der Waals surface area (Å²) in [5.41, 5.74) is 0.225. The Labute approximate surface area is 67.4 Å². The first-order chi connectivity index (χ1) is 5.39. The van der Waals surface area contributed by atoms with Crippen molar-refractivity contribution in [1.82, 2.24) is 0 Å².